The molecule has 3 N–H and O–H groups in total. The molecule has 0 saturated heterocycles. The lowest BCUT2D eigenvalue weighted by atomic mass is 9.53. The van der Waals surface area contributed by atoms with Crippen LogP contribution in [0.15, 0.2) is 0 Å². The molecule has 4 saturated carbocycles. The van der Waals surface area contributed by atoms with Crippen LogP contribution in [-0.2, 0) is 4.74 Å². The lowest BCUT2D eigenvalue weighted by molar-refractivity contribution is -0.225. The van der Waals surface area contributed by atoms with Crippen LogP contribution in [-0.4, -0.2) is 29.0 Å². The van der Waals surface area contributed by atoms with Crippen molar-refractivity contribution in [2.45, 2.75) is 63.2 Å². The van der Waals surface area contributed by atoms with E-state index in [2.05, 4.69) is 0 Å². The Hall–Kier alpha value is -0.120. The number of rotatable bonds is 3. The van der Waals surface area contributed by atoms with Crippen molar-refractivity contribution in [1.29, 1.82) is 0 Å². The maximum atomic E-state index is 10.8. The van der Waals surface area contributed by atoms with Crippen LogP contribution >= 0.6 is 0 Å². The van der Waals surface area contributed by atoms with Crippen molar-refractivity contribution in [2.75, 3.05) is 6.61 Å². The highest BCUT2D eigenvalue weighted by Crippen LogP contribution is 2.56. The van der Waals surface area contributed by atoms with Crippen LogP contribution in [0.5, 0.6) is 0 Å². The first-order valence-electron chi connectivity index (χ1n) is 6.99. The molecule has 4 aliphatic rings. The molecule has 4 rings (SSSR count). The zero-order chi connectivity index (χ0) is 12.3. The van der Waals surface area contributed by atoms with E-state index in [1.807, 2.05) is 13.8 Å². The largest absolute Gasteiger partial charge is 0.387 e. The highest BCUT2D eigenvalue weighted by atomic mass is 16.5. The summed E-state index contributed by atoms with van der Waals surface area (Å²) < 4.78 is 6.01. The lowest BCUT2D eigenvalue weighted by Crippen LogP contribution is -2.62. The predicted molar refractivity (Wildman–Crippen MR) is 66.5 cm³/mol. The SMILES string of the molecule is CC(C)(N)COC1C2CC3CC(C2)CC1(O)C3. The van der Waals surface area contributed by atoms with Crippen LogP contribution in [0.3, 0.4) is 0 Å². The number of hydrogen-bond donors (Lipinski definition) is 2. The fourth-order valence-electron chi connectivity index (χ4n) is 4.55. The third kappa shape index (κ3) is 2.13. The average molecular weight is 239 g/mol. The van der Waals surface area contributed by atoms with Crippen molar-refractivity contribution in [3.05, 3.63) is 0 Å². The van der Waals surface area contributed by atoms with Gasteiger partial charge < -0.3 is 15.6 Å². The highest BCUT2D eigenvalue weighted by molar-refractivity contribution is 5.08. The molecule has 0 spiro atoms. The minimum atomic E-state index is -0.542. The normalized spacial score (nSPS) is 48.7. The molecule has 98 valence electrons. The molecule has 3 unspecified atom stereocenters. The summed E-state index contributed by atoms with van der Waals surface area (Å²) in [7, 11) is 0. The van der Waals surface area contributed by atoms with E-state index in [4.69, 9.17) is 10.5 Å². The van der Waals surface area contributed by atoms with Crippen LogP contribution in [0.25, 0.3) is 0 Å². The summed E-state index contributed by atoms with van der Waals surface area (Å²) in [5.74, 6) is 2.08. The molecule has 3 atom stereocenters. The smallest absolute Gasteiger partial charge is 0.0916 e. The minimum Gasteiger partial charge on any atom is -0.387 e. The Morgan fingerprint density at radius 3 is 2.29 bits per heavy atom. The molecule has 0 aromatic carbocycles. The van der Waals surface area contributed by atoms with Gasteiger partial charge in [0.2, 0.25) is 0 Å². The fourth-order valence-corrected chi connectivity index (χ4v) is 4.55. The monoisotopic (exact) mass is 239 g/mol. The second-order valence-corrected chi connectivity index (χ2v) is 7.43. The van der Waals surface area contributed by atoms with Gasteiger partial charge in [-0.05, 0) is 63.7 Å². The molecule has 3 heteroatoms. The van der Waals surface area contributed by atoms with Gasteiger partial charge in [-0.1, -0.05) is 0 Å². The van der Waals surface area contributed by atoms with Crippen molar-refractivity contribution in [3.63, 3.8) is 0 Å². The quantitative estimate of drug-likeness (QED) is 0.788. The summed E-state index contributed by atoms with van der Waals surface area (Å²) in [6.07, 6.45) is 5.81. The van der Waals surface area contributed by atoms with Crippen molar-refractivity contribution < 1.29 is 9.84 Å². The number of nitrogens with two attached hydrogens (primary N) is 1. The first-order valence-corrected chi connectivity index (χ1v) is 6.99. The van der Waals surface area contributed by atoms with Gasteiger partial charge in [0.15, 0.2) is 0 Å². The van der Waals surface area contributed by atoms with Gasteiger partial charge in [-0.25, -0.2) is 0 Å². The molecule has 4 aliphatic carbocycles. The Balaban J connectivity index is 1.72. The standard InChI is InChI=1S/C14H25NO2/c1-13(2,15)8-17-12-11-4-9-3-10(5-11)7-14(12,16)6-9/h9-12,16H,3-8,15H2,1-2H3. The third-order valence-corrected chi connectivity index (χ3v) is 4.82. The van der Waals surface area contributed by atoms with Gasteiger partial charge >= 0.3 is 0 Å². The second-order valence-electron chi connectivity index (χ2n) is 7.43. The van der Waals surface area contributed by atoms with E-state index in [1.165, 1.54) is 19.3 Å². The summed E-state index contributed by atoms with van der Waals surface area (Å²) >= 11 is 0. The first-order chi connectivity index (χ1) is 7.86. The second kappa shape index (κ2) is 3.69. The molecule has 0 radical (unpaired) electrons. The molecule has 4 bridgehead atoms. The molecule has 0 heterocycles. The van der Waals surface area contributed by atoms with E-state index in [-0.39, 0.29) is 11.6 Å². The molecule has 4 fully saturated rings. The first kappa shape index (κ1) is 11.9. The van der Waals surface area contributed by atoms with Crippen molar-refractivity contribution in [1.82, 2.24) is 0 Å². The zero-order valence-electron chi connectivity index (χ0n) is 11.0. The molecule has 0 aliphatic heterocycles. The molecular weight excluding hydrogens is 214 g/mol. The van der Waals surface area contributed by atoms with Crippen molar-refractivity contribution >= 4 is 0 Å². The van der Waals surface area contributed by atoms with Gasteiger partial charge in [0, 0.05) is 5.54 Å². The molecule has 0 aromatic heterocycles. The van der Waals surface area contributed by atoms with E-state index in [0.717, 1.165) is 24.7 Å². The van der Waals surface area contributed by atoms with Gasteiger partial charge in [-0.3, -0.25) is 0 Å². The molecular formula is C14H25NO2. The Labute approximate surface area is 104 Å². The van der Waals surface area contributed by atoms with E-state index in [1.54, 1.807) is 0 Å². The number of aliphatic hydroxyl groups is 1. The summed E-state index contributed by atoms with van der Waals surface area (Å²) in [6, 6.07) is 0. The summed E-state index contributed by atoms with van der Waals surface area (Å²) in [4.78, 5) is 0. The number of hydrogen-bond acceptors (Lipinski definition) is 3. The Morgan fingerprint density at radius 2 is 1.82 bits per heavy atom. The van der Waals surface area contributed by atoms with Crippen molar-refractivity contribution in [2.24, 2.45) is 23.5 Å². The summed E-state index contributed by atoms with van der Waals surface area (Å²) in [5.41, 5.74) is 5.13. The minimum absolute atomic E-state index is 0.0399. The van der Waals surface area contributed by atoms with Crippen molar-refractivity contribution in [3.8, 4) is 0 Å². The van der Waals surface area contributed by atoms with Crippen LogP contribution < -0.4 is 5.73 Å². The van der Waals surface area contributed by atoms with E-state index < -0.39 is 5.60 Å². The molecule has 17 heavy (non-hydrogen) atoms. The third-order valence-electron chi connectivity index (χ3n) is 4.82. The van der Waals surface area contributed by atoms with Gasteiger partial charge in [0.1, 0.15) is 0 Å². The van der Waals surface area contributed by atoms with Gasteiger partial charge in [0.05, 0.1) is 18.3 Å². The van der Waals surface area contributed by atoms with Gasteiger partial charge in [-0.15, -0.1) is 0 Å². The van der Waals surface area contributed by atoms with E-state index in [9.17, 15) is 5.11 Å². The van der Waals surface area contributed by atoms with Gasteiger partial charge in [0.25, 0.3) is 0 Å². The topological polar surface area (TPSA) is 55.5 Å². The Kier molecular flexibility index (Phi) is 2.59. The molecule has 0 amide bonds. The zero-order valence-corrected chi connectivity index (χ0v) is 11.0. The van der Waals surface area contributed by atoms with Crippen LogP contribution in [0.4, 0.5) is 0 Å². The van der Waals surface area contributed by atoms with Crippen LogP contribution in [0.1, 0.15) is 46.0 Å². The maximum absolute atomic E-state index is 10.8. The molecule has 0 aromatic rings. The fraction of sp³-hybridized carbons (Fsp3) is 1.00. The summed E-state index contributed by atoms with van der Waals surface area (Å²) in [5, 5.41) is 10.8. The highest BCUT2D eigenvalue weighted by Gasteiger charge is 2.57. The molecule has 3 nitrogen and oxygen atoms in total. The maximum Gasteiger partial charge on any atom is 0.0916 e. The Morgan fingerprint density at radius 1 is 1.24 bits per heavy atom. The average Bonchev–Trinajstić information content (AvgIpc) is 2.11. The van der Waals surface area contributed by atoms with Crippen LogP contribution in [0, 0.1) is 17.8 Å². The van der Waals surface area contributed by atoms with Gasteiger partial charge in [-0.2, -0.15) is 0 Å². The Bertz CT molecular complexity index is 296. The number of ether oxygens (including phenoxy) is 1. The van der Waals surface area contributed by atoms with E-state index >= 15 is 0 Å². The lowest BCUT2D eigenvalue weighted by Gasteiger charge is -2.58. The predicted octanol–water partition coefficient (Wildman–Crippen LogP) is 1.68. The van der Waals surface area contributed by atoms with E-state index in [0.29, 0.717) is 12.5 Å². The van der Waals surface area contributed by atoms with Crippen LogP contribution in [0.2, 0.25) is 0 Å². The summed E-state index contributed by atoms with van der Waals surface area (Å²) in [6.45, 7) is 4.51.